The van der Waals surface area contributed by atoms with Gasteiger partial charge in [0.25, 0.3) is 0 Å². The van der Waals surface area contributed by atoms with Crippen molar-refractivity contribution in [3.05, 3.63) is 18.2 Å². The van der Waals surface area contributed by atoms with Crippen LogP contribution in [0.4, 0.5) is 0 Å². The Morgan fingerprint density at radius 2 is 1.69 bits per heavy atom. The van der Waals surface area contributed by atoms with Gasteiger partial charge in [-0.2, -0.15) is 0 Å². The van der Waals surface area contributed by atoms with Crippen LogP contribution in [0.5, 0.6) is 17.2 Å². The van der Waals surface area contributed by atoms with Crippen LogP contribution in [0.1, 0.15) is 12.8 Å². The highest BCUT2D eigenvalue weighted by Gasteiger charge is 2.29. The molecule has 1 aromatic rings. The van der Waals surface area contributed by atoms with Gasteiger partial charge >= 0.3 is 0 Å². The summed E-state index contributed by atoms with van der Waals surface area (Å²) in [6, 6.07) is 5.86. The average Bonchev–Trinajstić information content (AvgIpc) is 2.27. The van der Waals surface area contributed by atoms with E-state index in [2.05, 4.69) is 0 Å². The standard InChI is InChI=1S/C12H17NO3/c1-14-10-4-3-5-11(15-2)12(10)16-9-6-8(13)7-9/h3-5,8-9H,6-7,13H2,1-2H3. The number of nitrogens with two attached hydrogens (primary N) is 1. The smallest absolute Gasteiger partial charge is 0.203 e. The van der Waals surface area contributed by atoms with Crippen molar-refractivity contribution in [2.24, 2.45) is 5.73 Å². The van der Waals surface area contributed by atoms with Crippen molar-refractivity contribution in [1.82, 2.24) is 0 Å². The van der Waals surface area contributed by atoms with Crippen LogP contribution in [0.2, 0.25) is 0 Å². The third kappa shape index (κ3) is 2.07. The maximum Gasteiger partial charge on any atom is 0.203 e. The van der Waals surface area contributed by atoms with E-state index in [4.69, 9.17) is 19.9 Å². The highest BCUT2D eigenvalue weighted by molar-refractivity contribution is 5.51. The second kappa shape index (κ2) is 4.61. The summed E-state index contributed by atoms with van der Waals surface area (Å²) >= 11 is 0. The molecule has 1 aliphatic carbocycles. The first-order valence-corrected chi connectivity index (χ1v) is 5.37. The molecule has 2 rings (SSSR count). The van der Waals surface area contributed by atoms with E-state index in [0.29, 0.717) is 17.2 Å². The molecule has 1 aromatic carbocycles. The lowest BCUT2D eigenvalue weighted by Gasteiger charge is -2.33. The monoisotopic (exact) mass is 223 g/mol. The zero-order valence-electron chi connectivity index (χ0n) is 9.60. The maximum absolute atomic E-state index is 5.83. The molecule has 0 atom stereocenters. The van der Waals surface area contributed by atoms with Gasteiger partial charge in [-0.25, -0.2) is 0 Å². The number of para-hydroxylation sites is 1. The summed E-state index contributed by atoms with van der Waals surface area (Å²) in [4.78, 5) is 0. The Morgan fingerprint density at radius 1 is 1.12 bits per heavy atom. The average molecular weight is 223 g/mol. The third-order valence-electron chi connectivity index (χ3n) is 2.80. The highest BCUT2D eigenvalue weighted by atomic mass is 16.5. The summed E-state index contributed by atoms with van der Waals surface area (Å²) in [6.45, 7) is 0. The van der Waals surface area contributed by atoms with Gasteiger partial charge in [0.15, 0.2) is 11.5 Å². The Balaban J connectivity index is 2.16. The molecule has 1 fully saturated rings. The topological polar surface area (TPSA) is 53.7 Å². The van der Waals surface area contributed by atoms with Gasteiger partial charge in [-0.15, -0.1) is 0 Å². The molecule has 0 aromatic heterocycles. The van der Waals surface area contributed by atoms with Crippen molar-refractivity contribution in [1.29, 1.82) is 0 Å². The van der Waals surface area contributed by atoms with E-state index >= 15 is 0 Å². The molecule has 4 heteroatoms. The van der Waals surface area contributed by atoms with Crippen LogP contribution >= 0.6 is 0 Å². The lowest BCUT2D eigenvalue weighted by atomic mass is 9.90. The van der Waals surface area contributed by atoms with E-state index in [-0.39, 0.29) is 12.1 Å². The van der Waals surface area contributed by atoms with Crippen molar-refractivity contribution in [2.75, 3.05) is 14.2 Å². The fourth-order valence-electron chi connectivity index (χ4n) is 1.80. The lowest BCUT2D eigenvalue weighted by Crippen LogP contribution is -2.43. The molecule has 0 saturated heterocycles. The molecule has 1 aliphatic rings. The molecule has 0 unspecified atom stereocenters. The zero-order chi connectivity index (χ0) is 11.5. The largest absolute Gasteiger partial charge is 0.493 e. The molecule has 4 nitrogen and oxygen atoms in total. The minimum absolute atomic E-state index is 0.181. The first kappa shape index (κ1) is 11.1. The summed E-state index contributed by atoms with van der Waals surface area (Å²) in [6.07, 6.45) is 1.96. The second-order valence-corrected chi connectivity index (χ2v) is 3.96. The zero-order valence-corrected chi connectivity index (χ0v) is 9.60. The summed E-state index contributed by atoms with van der Waals surface area (Å²) in [5.41, 5.74) is 5.72. The number of rotatable bonds is 4. The summed E-state index contributed by atoms with van der Waals surface area (Å²) in [5, 5.41) is 0. The normalized spacial score (nSPS) is 23.4. The van der Waals surface area contributed by atoms with Crippen molar-refractivity contribution in [2.45, 2.75) is 25.0 Å². The third-order valence-corrected chi connectivity index (χ3v) is 2.80. The number of methoxy groups -OCH3 is 2. The molecule has 16 heavy (non-hydrogen) atoms. The Bertz CT molecular complexity index is 339. The molecular formula is C12H17NO3. The maximum atomic E-state index is 5.83. The van der Waals surface area contributed by atoms with E-state index in [9.17, 15) is 0 Å². The lowest BCUT2D eigenvalue weighted by molar-refractivity contribution is 0.0937. The van der Waals surface area contributed by atoms with E-state index in [1.54, 1.807) is 14.2 Å². The predicted octanol–water partition coefficient (Wildman–Crippen LogP) is 1.57. The SMILES string of the molecule is COc1cccc(OC)c1OC1CC(N)C1. The molecule has 88 valence electrons. The summed E-state index contributed by atoms with van der Waals surface area (Å²) in [5.74, 6) is 2.06. The van der Waals surface area contributed by atoms with Crippen molar-refractivity contribution in [3.63, 3.8) is 0 Å². The van der Waals surface area contributed by atoms with Crippen LogP contribution in [-0.2, 0) is 0 Å². The fourth-order valence-corrected chi connectivity index (χ4v) is 1.80. The molecule has 0 amide bonds. The molecule has 0 aliphatic heterocycles. The second-order valence-electron chi connectivity index (χ2n) is 3.96. The van der Waals surface area contributed by atoms with Gasteiger partial charge < -0.3 is 19.9 Å². The molecule has 0 spiro atoms. The van der Waals surface area contributed by atoms with Gasteiger partial charge in [-0.3, -0.25) is 0 Å². The number of hydrogen-bond donors (Lipinski definition) is 1. The van der Waals surface area contributed by atoms with Crippen LogP contribution in [-0.4, -0.2) is 26.4 Å². The predicted molar refractivity (Wildman–Crippen MR) is 61.2 cm³/mol. The minimum atomic E-state index is 0.181. The van der Waals surface area contributed by atoms with Gasteiger partial charge in [-0.05, 0) is 25.0 Å². The van der Waals surface area contributed by atoms with Gasteiger partial charge in [0.1, 0.15) is 6.10 Å². The van der Waals surface area contributed by atoms with Crippen molar-refractivity contribution >= 4 is 0 Å². The van der Waals surface area contributed by atoms with Crippen LogP contribution in [0.3, 0.4) is 0 Å². The van der Waals surface area contributed by atoms with E-state index < -0.39 is 0 Å². The molecule has 0 bridgehead atoms. The van der Waals surface area contributed by atoms with Crippen LogP contribution in [0.25, 0.3) is 0 Å². The Kier molecular flexibility index (Phi) is 3.19. The first-order chi connectivity index (χ1) is 7.74. The first-order valence-electron chi connectivity index (χ1n) is 5.37. The molecule has 0 heterocycles. The molecule has 2 N–H and O–H groups in total. The number of hydrogen-bond acceptors (Lipinski definition) is 4. The quantitative estimate of drug-likeness (QED) is 0.841. The molecule has 0 radical (unpaired) electrons. The van der Waals surface area contributed by atoms with E-state index in [0.717, 1.165) is 12.8 Å². The number of benzene rings is 1. The van der Waals surface area contributed by atoms with Crippen molar-refractivity contribution < 1.29 is 14.2 Å². The van der Waals surface area contributed by atoms with Crippen LogP contribution in [0, 0.1) is 0 Å². The Hall–Kier alpha value is -1.42. The summed E-state index contributed by atoms with van der Waals surface area (Å²) < 4.78 is 16.3. The van der Waals surface area contributed by atoms with Crippen LogP contribution in [0.15, 0.2) is 18.2 Å². The Morgan fingerprint density at radius 3 is 2.12 bits per heavy atom. The van der Waals surface area contributed by atoms with E-state index in [1.807, 2.05) is 18.2 Å². The minimum Gasteiger partial charge on any atom is -0.493 e. The summed E-state index contributed by atoms with van der Waals surface area (Å²) in [7, 11) is 3.24. The van der Waals surface area contributed by atoms with Gasteiger partial charge in [0, 0.05) is 6.04 Å². The van der Waals surface area contributed by atoms with Gasteiger partial charge in [-0.1, -0.05) is 6.07 Å². The Labute approximate surface area is 95.3 Å². The highest BCUT2D eigenvalue weighted by Crippen LogP contribution is 2.39. The van der Waals surface area contributed by atoms with Gasteiger partial charge in [0.05, 0.1) is 14.2 Å². The fraction of sp³-hybridized carbons (Fsp3) is 0.500. The van der Waals surface area contributed by atoms with Crippen molar-refractivity contribution in [3.8, 4) is 17.2 Å². The number of ether oxygens (including phenoxy) is 3. The molecule has 1 saturated carbocycles. The van der Waals surface area contributed by atoms with Crippen LogP contribution < -0.4 is 19.9 Å². The van der Waals surface area contributed by atoms with E-state index in [1.165, 1.54) is 0 Å². The van der Waals surface area contributed by atoms with Gasteiger partial charge in [0.2, 0.25) is 5.75 Å². The molecular weight excluding hydrogens is 206 g/mol.